The summed E-state index contributed by atoms with van der Waals surface area (Å²) in [4.78, 5) is 12.8. The number of amides is 1. The van der Waals surface area contributed by atoms with Crippen molar-refractivity contribution in [3.63, 3.8) is 0 Å². The number of thiophene rings is 1. The van der Waals surface area contributed by atoms with Crippen molar-refractivity contribution >= 4 is 44.6 Å². The zero-order chi connectivity index (χ0) is 14.8. The molecule has 0 spiro atoms. The van der Waals surface area contributed by atoms with Crippen molar-refractivity contribution in [2.75, 3.05) is 5.73 Å². The molecule has 3 nitrogen and oxygen atoms in total. The molecule has 0 aliphatic rings. The van der Waals surface area contributed by atoms with Crippen LogP contribution in [0.15, 0.2) is 48.5 Å². The second-order valence-corrected chi connectivity index (χ2v) is 6.14. The van der Waals surface area contributed by atoms with Crippen molar-refractivity contribution in [1.82, 2.24) is 5.32 Å². The van der Waals surface area contributed by atoms with E-state index in [2.05, 4.69) is 5.32 Å². The molecular formula is C16H13ClN2OS. The lowest BCUT2D eigenvalue weighted by molar-refractivity contribution is 0.0956. The van der Waals surface area contributed by atoms with Crippen molar-refractivity contribution in [3.8, 4) is 0 Å². The van der Waals surface area contributed by atoms with Crippen molar-refractivity contribution < 1.29 is 4.79 Å². The third-order valence-corrected chi connectivity index (χ3v) is 4.61. The third-order valence-electron chi connectivity index (χ3n) is 3.19. The predicted octanol–water partition coefficient (Wildman–Crippen LogP) is 4.07. The monoisotopic (exact) mass is 316 g/mol. The highest BCUT2D eigenvalue weighted by atomic mass is 35.5. The van der Waals surface area contributed by atoms with Crippen molar-refractivity contribution in [1.29, 1.82) is 0 Å². The molecule has 21 heavy (non-hydrogen) atoms. The second kappa shape index (κ2) is 5.76. The molecule has 0 atom stereocenters. The van der Waals surface area contributed by atoms with Gasteiger partial charge in [0.25, 0.3) is 5.91 Å². The first-order chi connectivity index (χ1) is 10.1. The SMILES string of the molecule is Nc1c(C(=O)NCc2ccccc2)sc2ccc(Cl)cc12. The number of nitrogen functional groups attached to an aromatic ring is 1. The van der Waals surface area contributed by atoms with E-state index in [4.69, 9.17) is 17.3 Å². The molecule has 0 saturated carbocycles. The summed E-state index contributed by atoms with van der Waals surface area (Å²) in [6, 6.07) is 15.2. The zero-order valence-corrected chi connectivity index (χ0v) is 12.7. The Hall–Kier alpha value is -2.04. The number of nitrogens with one attached hydrogen (secondary N) is 1. The third kappa shape index (κ3) is 2.86. The number of halogens is 1. The summed E-state index contributed by atoms with van der Waals surface area (Å²) in [7, 11) is 0. The molecule has 3 rings (SSSR count). The average molecular weight is 317 g/mol. The molecule has 5 heteroatoms. The van der Waals surface area contributed by atoms with Gasteiger partial charge in [0.1, 0.15) is 4.88 Å². The normalized spacial score (nSPS) is 10.7. The topological polar surface area (TPSA) is 55.1 Å². The molecule has 0 fully saturated rings. The van der Waals surface area contributed by atoms with Crippen LogP contribution in [-0.2, 0) is 6.54 Å². The van der Waals surface area contributed by atoms with E-state index in [1.54, 1.807) is 12.1 Å². The van der Waals surface area contributed by atoms with Gasteiger partial charge in [0.05, 0.1) is 5.69 Å². The van der Waals surface area contributed by atoms with Crippen molar-refractivity contribution in [3.05, 3.63) is 64.0 Å². The summed E-state index contributed by atoms with van der Waals surface area (Å²) < 4.78 is 0.960. The highest BCUT2D eigenvalue weighted by Gasteiger charge is 2.16. The molecule has 0 saturated heterocycles. The summed E-state index contributed by atoms with van der Waals surface area (Å²) >= 11 is 7.35. The minimum Gasteiger partial charge on any atom is -0.397 e. The van der Waals surface area contributed by atoms with Gasteiger partial charge in [-0.25, -0.2) is 0 Å². The Balaban J connectivity index is 1.83. The summed E-state index contributed by atoms with van der Waals surface area (Å²) in [6.45, 7) is 0.480. The van der Waals surface area contributed by atoms with Crippen LogP contribution in [0.25, 0.3) is 10.1 Å². The maximum absolute atomic E-state index is 12.3. The zero-order valence-electron chi connectivity index (χ0n) is 11.1. The van der Waals surface area contributed by atoms with E-state index in [0.29, 0.717) is 22.1 Å². The van der Waals surface area contributed by atoms with Crippen LogP contribution < -0.4 is 11.1 Å². The Morgan fingerprint density at radius 3 is 2.71 bits per heavy atom. The van der Waals surface area contributed by atoms with E-state index in [9.17, 15) is 4.79 Å². The van der Waals surface area contributed by atoms with Gasteiger partial charge in [0.15, 0.2) is 0 Å². The maximum atomic E-state index is 12.3. The number of hydrogen-bond donors (Lipinski definition) is 2. The van der Waals surface area contributed by atoms with Gasteiger partial charge in [0.2, 0.25) is 0 Å². The second-order valence-electron chi connectivity index (χ2n) is 4.65. The van der Waals surface area contributed by atoms with Crippen LogP contribution in [0.5, 0.6) is 0 Å². The van der Waals surface area contributed by atoms with E-state index >= 15 is 0 Å². The molecule has 0 bridgehead atoms. The Morgan fingerprint density at radius 2 is 1.95 bits per heavy atom. The van der Waals surface area contributed by atoms with Crippen molar-refractivity contribution in [2.45, 2.75) is 6.54 Å². The number of carbonyl (C=O) groups excluding carboxylic acids is 1. The van der Waals surface area contributed by atoms with Crippen LogP contribution in [0.4, 0.5) is 5.69 Å². The van der Waals surface area contributed by atoms with Crippen LogP contribution in [-0.4, -0.2) is 5.91 Å². The van der Waals surface area contributed by atoms with E-state index < -0.39 is 0 Å². The number of nitrogens with two attached hydrogens (primary N) is 1. The summed E-state index contributed by atoms with van der Waals surface area (Å²) in [6.07, 6.45) is 0. The molecule has 0 aliphatic carbocycles. The predicted molar refractivity (Wildman–Crippen MR) is 88.9 cm³/mol. The minimum atomic E-state index is -0.159. The van der Waals surface area contributed by atoms with Crippen LogP contribution in [0.1, 0.15) is 15.2 Å². The lowest BCUT2D eigenvalue weighted by atomic mass is 10.2. The fourth-order valence-electron chi connectivity index (χ4n) is 2.12. The fraction of sp³-hybridized carbons (Fsp3) is 0.0625. The quantitative estimate of drug-likeness (QED) is 0.765. The standard InChI is InChI=1S/C16H13ClN2OS/c17-11-6-7-13-12(8-11)14(18)15(21-13)16(20)19-9-10-4-2-1-3-5-10/h1-8H,9,18H2,(H,19,20). The van der Waals surface area contributed by atoms with Crippen LogP contribution >= 0.6 is 22.9 Å². The molecule has 0 radical (unpaired) electrons. The summed E-state index contributed by atoms with van der Waals surface area (Å²) in [5, 5.41) is 4.34. The number of anilines is 1. The van der Waals surface area contributed by atoms with Gasteiger partial charge in [-0.1, -0.05) is 41.9 Å². The van der Waals surface area contributed by atoms with Gasteiger partial charge in [-0.15, -0.1) is 11.3 Å². The van der Waals surface area contributed by atoms with Crippen molar-refractivity contribution in [2.24, 2.45) is 0 Å². The molecule has 2 aromatic carbocycles. The van der Waals surface area contributed by atoms with Gasteiger partial charge in [-0.05, 0) is 23.8 Å². The number of carbonyl (C=O) groups is 1. The van der Waals surface area contributed by atoms with E-state index in [1.165, 1.54) is 11.3 Å². The first kappa shape index (κ1) is 13.9. The Labute approximate surface area is 131 Å². The van der Waals surface area contributed by atoms with Gasteiger partial charge < -0.3 is 11.1 Å². The number of benzene rings is 2. The smallest absolute Gasteiger partial charge is 0.263 e. The van der Waals surface area contributed by atoms with Gasteiger partial charge in [-0.3, -0.25) is 4.79 Å². The number of fused-ring (bicyclic) bond motifs is 1. The first-order valence-electron chi connectivity index (χ1n) is 6.45. The largest absolute Gasteiger partial charge is 0.397 e. The lowest BCUT2D eigenvalue weighted by Crippen LogP contribution is -2.22. The molecule has 3 N–H and O–H groups in total. The molecule has 0 aliphatic heterocycles. The fourth-order valence-corrected chi connectivity index (χ4v) is 3.31. The van der Waals surface area contributed by atoms with Crippen LogP contribution in [0.2, 0.25) is 5.02 Å². The van der Waals surface area contributed by atoms with Gasteiger partial charge in [-0.2, -0.15) is 0 Å². The number of rotatable bonds is 3. The summed E-state index contributed by atoms with van der Waals surface area (Å²) in [5.41, 5.74) is 7.61. The van der Waals surface area contributed by atoms with E-state index in [1.807, 2.05) is 36.4 Å². The van der Waals surface area contributed by atoms with Crippen LogP contribution in [0.3, 0.4) is 0 Å². The molecule has 0 unspecified atom stereocenters. The van der Waals surface area contributed by atoms with Crippen LogP contribution in [0, 0.1) is 0 Å². The number of hydrogen-bond acceptors (Lipinski definition) is 3. The highest BCUT2D eigenvalue weighted by Crippen LogP contribution is 2.35. The Kier molecular flexibility index (Phi) is 3.82. The average Bonchev–Trinajstić information content (AvgIpc) is 2.83. The molecule has 3 aromatic rings. The molecule has 1 aromatic heterocycles. The molecule has 1 amide bonds. The van der Waals surface area contributed by atoms with E-state index in [-0.39, 0.29) is 5.91 Å². The summed E-state index contributed by atoms with van der Waals surface area (Å²) in [5.74, 6) is -0.159. The molecule has 1 heterocycles. The highest BCUT2D eigenvalue weighted by molar-refractivity contribution is 7.21. The maximum Gasteiger partial charge on any atom is 0.263 e. The first-order valence-corrected chi connectivity index (χ1v) is 7.64. The van der Waals surface area contributed by atoms with E-state index in [0.717, 1.165) is 15.6 Å². The van der Waals surface area contributed by atoms with Gasteiger partial charge in [0, 0.05) is 21.7 Å². The minimum absolute atomic E-state index is 0.159. The molecule has 106 valence electrons. The van der Waals surface area contributed by atoms with Gasteiger partial charge >= 0.3 is 0 Å². The molecular weight excluding hydrogens is 304 g/mol. The Bertz CT molecular complexity index is 799. The Morgan fingerprint density at radius 1 is 1.19 bits per heavy atom. The lowest BCUT2D eigenvalue weighted by Gasteiger charge is -2.04.